The molecule has 6 heteroatoms. The maximum Gasteiger partial charge on any atom is 0.279 e. The molecular formula is C24H30N4O2+2. The minimum Gasteiger partial charge on any atom is -0.435 e. The molecular weight excluding hydrogens is 376 g/mol. The van der Waals surface area contributed by atoms with E-state index >= 15 is 0 Å². The summed E-state index contributed by atoms with van der Waals surface area (Å²) in [5.74, 6) is 1.68. The van der Waals surface area contributed by atoms with Crippen molar-refractivity contribution in [2.75, 3.05) is 38.0 Å². The number of quaternary nitrogens is 2. The molecule has 1 aliphatic rings. The fraction of sp³-hybridized carbons (Fsp3) is 0.333. The second kappa shape index (κ2) is 9.24. The highest BCUT2D eigenvalue weighted by Gasteiger charge is 2.26. The number of amides is 1. The third-order valence-corrected chi connectivity index (χ3v) is 5.83. The van der Waals surface area contributed by atoms with Crippen LogP contribution in [0.1, 0.15) is 17.0 Å². The molecule has 30 heavy (non-hydrogen) atoms. The molecule has 1 aromatic heterocycles. The molecule has 1 aliphatic heterocycles. The van der Waals surface area contributed by atoms with Gasteiger partial charge in [0.2, 0.25) is 0 Å². The molecule has 0 radical (unpaired) electrons. The van der Waals surface area contributed by atoms with E-state index in [1.807, 2.05) is 68.6 Å². The summed E-state index contributed by atoms with van der Waals surface area (Å²) in [4.78, 5) is 19.8. The van der Waals surface area contributed by atoms with Crippen molar-refractivity contribution in [3.63, 3.8) is 0 Å². The van der Waals surface area contributed by atoms with Crippen LogP contribution < -0.4 is 15.1 Å². The van der Waals surface area contributed by atoms with Gasteiger partial charge in [0.25, 0.3) is 11.8 Å². The van der Waals surface area contributed by atoms with Crippen LogP contribution in [0.5, 0.6) is 0 Å². The summed E-state index contributed by atoms with van der Waals surface area (Å²) in [6.45, 7) is 9.33. The molecule has 2 heterocycles. The van der Waals surface area contributed by atoms with Crippen LogP contribution in [-0.4, -0.2) is 43.6 Å². The minimum atomic E-state index is 0.0889. The Morgan fingerprint density at radius 3 is 2.33 bits per heavy atom. The lowest BCUT2D eigenvalue weighted by Crippen LogP contribution is -3.28. The molecule has 1 amide bonds. The van der Waals surface area contributed by atoms with Gasteiger partial charge in [-0.3, -0.25) is 4.79 Å². The molecule has 0 unspecified atom stereocenters. The van der Waals surface area contributed by atoms with E-state index in [1.165, 1.54) is 9.80 Å². The SMILES string of the molecule is Cc1cccc(C)c1NC(=O)C[NH+]1CC[NH+](Cc2ncc(-c3ccccc3)o2)CC1. The predicted octanol–water partition coefficient (Wildman–Crippen LogP) is 0.881. The predicted molar refractivity (Wildman–Crippen MR) is 116 cm³/mol. The summed E-state index contributed by atoms with van der Waals surface area (Å²) in [6.07, 6.45) is 1.81. The lowest BCUT2D eigenvalue weighted by molar-refractivity contribution is -1.02. The van der Waals surface area contributed by atoms with Crippen molar-refractivity contribution in [1.82, 2.24) is 4.98 Å². The summed E-state index contributed by atoms with van der Waals surface area (Å²) in [5.41, 5.74) is 4.21. The van der Waals surface area contributed by atoms with Gasteiger partial charge in [0.15, 0.2) is 18.8 Å². The standard InChI is InChI=1S/C24H28N4O2/c1-18-7-6-8-19(2)24(18)26-22(29)16-27-11-13-28(14-12-27)17-23-25-15-21(30-23)20-9-4-3-5-10-20/h3-10,15H,11-14,16-17H2,1-2H3,(H,26,29)/p+2. The topological polar surface area (TPSA) is 64.0 Å². The maximum absolute atomic E-state index is 12.5. The average molecular weight is 407 g/mol. The second-order valence-corrected chi connectivity index (χ2v) is 8.15. The Morgan fingerprint density at radius 2 is 1.63 bits per heavy atom. The third kappa shape index (κ3) is 4.96. The van der Waals surface area contributed by atoms with Gasteiger partial charge < -0.3 is 19.5 Å². The van der Waals surface area contributed by atoms with Gasteiger partial charge in [0.1, 0.15) is 26.2 Å². The van der Waals surface area contributed by atoms with Crippen molar-refractivity contribution in [3.05, 3.63) is 71.7 Å². The van der Waals surface area contributed by atoms with Gasteiger partial charge in [-0.05, 0) is 25.0 Å². The number of nitrogens with zero attached hydrogens (tertiary/aromatic N) is 1. The van der Waals surface area contributed by atoms with Gasteiger partial charge in [0, 0.05) is 11.3 Å². The van der Waals surface area contributed by atoms with Gasteiger partial charge in [-0.25, -0.2) is 4.98 Å². The smallest absolute Gasteiger partial charge is 0.279 e. The number of para-hydroxylation sites is 1. The first kappa shape index (κ1) is 20.3. The van der Waals surface area contributed by atoms with Crippen LogP contribution in [-0.2, 0) is 11.3 Å². The van der Waals surface area contributed by atoms with E-state index < -0.39 is 0 Å². The van der Waals surface area contributed by atoms with Gasteiger partial charge >= 0.3 is 0 Å². The van der Waals surface area contributed by atoms with Crippen LogP contribution in [0.4, 0.5) is 5.69 Å². The highest BCUT2D eigenvalue weighted by molar-refractivity contribution is 5.93. The number of anilines is 1. The molecule has 3 N–H and O–H groups in total. The Hall–Kier alpha value is -2.96. The number of nitrogens with one attached hydrogen (secondary N) is 3. The van der Waals surface area contributed by atoms with Crippen molar-refractivity contribution in [1.29, 1.82) is 0 Å². The lowest BCUT2D eigenvalue weighted by atomic mass is 10.1. The third-order valence-electron chi connectivity index (χ3n) is 5.83. The summed E-state index contributed by atoms with van der Waals surface area (Å²) >= 11 is 0. The highest BCUT2D eigenvalue weighted by Crippen LogP contribution is 2.20. The molecule has 3 aromatic rings. The molecule has 156 valence electrons. The number of carbonyl (C=O) groups excluding carboxylic acids is 1. The van der Waals surface area contributed by atoms with Crippen molar-refractivity contribution in [3.8, 4) is 11.3 Å². The van der Waals surface area contributed by atoms with E-state index in [1.54, 1.807) is 0 Å². The van der Waals surface area contributed by atoms with E-state index in [-0.39, 0.29) is 5.91 Å². The molecule has 1 fully saturated rings. The molecule has 1 saturated heterocycles. The number of piperazine rings is 1. The maximum atomic E-state index is 12.5. The molecule has 0 saturated carbocycles. The normalized spacial score (nSPS) is 18.9. The molecule has 0 spiro atoms. The highest BCUT2D eigenvalue weighted by atomic mass is 16.4. The number of aryl methyl sites for hydroxylation is 2. The van der Waals surface area contributed by atoms with Gasteiger partial charge in [0.05, 0.1) is 6.20 Å². The van der Waals surface area contributed by atoms with Crippen LogP contribution in [0.15, 0.2) is 59.1 Å². The number of oxazole rings is 1. The van der Waals surface area contributed by atoms with Crippen LogP contribution in [0.3, 0.4) is 0 Å². The first-order valence-electron chi connectivity index (χ1n) is 10.6. The summed E-state index contributed by atoms with van der Waals surface area (Å²) in [7, 11) is 0. The molecule has 4 rings (SSSR count). The summed E-state index contributed by atoms with van der Waals surface area (Å²) in [6, 6.07) is 16.1. The van der Waals surface area contributed by atoms with E-state index in [0.29, 0.717) is 6.54 Å². The summed E-state index contributed by atoms with van der Waals surface area (Å²) in [5, 5.41) is 3.10. The van der Waals surface area contributed by atoms with Crippen LogP contribution in [0.25, 0.3) is 11.3 Å². The van der Waals surface area contributed by atoms with Gasteiger partial charge in [-0.1, -0.05) is 48.5 Å². The van der Waals surface area contributed by atoms with Crippen LogP contribution in [0.2, 0.25) is 0 Å². The molecule has 0 bridgehead atoms. The molecule has 2 aromatic carbocycles. The largest absolute Gasteiger partial charge is 0.435 e. The Balaban J connectivity index is 1.25. The fourth-order valence-electron chi connectivity index (χ4n) is 4.07. The zero-order valence-corrected chi connectivity index (χ0v) is 17.7. The average Bonchev–Trinajstić information content (AvgIpc) is 3.21. The Kier molecular flexibility index (Phi) is 6.26. The number of hydrogen-bond donors (Lipinski definition) is 3. The first-order chi connectivity index (χ1) is 14.6. The zero-order valence-electron chi connectivity index (χ0n) is 17.7. The van der Waals surface area contributed by atoms with E-state index in [0.717, 1.165) is 66.8 Å². The van der Waals surface area contributed by atoms with E-state index in [2.05, 4.69) is 10.3 Å². The molecule has 0 aliphatic carbocycles. The van der Waals surface area contributed by atoms with Crippen LogP contribution >= 0.6 is 0 Å². The van der Waals surface area contributed by atoms with Crippen molar-refractivity contribution in [2.24, 2.45) is 0 Å². The first-order valence-corrected chi connectivity index (χ1v) is 10.6. The molecule has 0 atom stereocenters. The zero-order chi connectivity index (χ0) is 20.9. The Bertz CT molecular complexity index is 971. The van der Waals surface area contributed by atoms with E-state index in [9.17, 15) is 4.79 Å². The summed E-state index contributed by atoms with van der Waals surface area (Å²) < 4.78 is 5.95. The Morgan fingerprint density at radius 1 is 0.967 bits per heavy atom. The molecule has 6 nitrogen and oxygen atoms in total. The fourth-order valence-corrected chi connectivity index (χ4v) is 4.07. The van der Waals surface area contributed by atoms with Crippen molar-refractivity contribution >= 4 is 11.6 Å². The van der Waals surface area contributed by atoms with Gasteiger partial charge in [-0.15, -0.1) is 0 Å². The number of rotatable bonds is 6. The van der Waals surface area contributed by atoms with Crippen LogP contribution in [0, 0.1) is 13.8 Å². The van der Waals surface area contributed by atoms with Crippen molar-refractivity contribution < 1.29 is 19.0 Å². The van der Waals surface area contributed by atoms with Gasteiger partial charge in [-0.2, -0.15) is 0 Å². The lowest BCUT2D eigenvalue weighted by Gasteiger charge is -2.28. The number of aromatic nitrogens is 1. The number of carbonyl (C=O) groups is 1. The monoisotopic (exact) mass is 406 g/mol. The quantitative estimate of drug-likeness (QED) is 0.570. The number of benzene rings is 2. The number of hydrogen-bond acceptors (Lipinski definition) is 3. The Labute approximate surface area is 177 Å². The second-order valence-electron chi connectivity index (χ2n) is 8.15. The van der Waals surface area contributed by atoms with Crippen molar-refractivity contribution in [2.45, 2.75) is 20.4 Å². The minimum absolute atomic E-state index is 0.0889. The van der Waals surface area contributed by atoms with E-state index in [4.69, 9.17) is 4.42 Å².